The number of imidazole rings is 1. The second-order valence-corrected chi connectivity index (χ2v) is 3.50. The van der Waals surface area contributed by atoms with Crippen LogP contribution in [0.15, 0.2) is 23.3 Å². The van der Waals surface area contributed by atoms with Crippen molar-refractivity contribution >= 4 is 5.65 Å². The van der Waals surface area contributed by atoms with E-state index in [9.17, 15) is 4.79 Å². The summed E-state index contributed by atoms with van der Waals surface area (Å²) in [4.78, 5) is 14.2. The molecule has 1 saturated carbocycles. The largest absolute Gasteiger partial charge is 0.342 e. The molecule has 0 aliphatic heterocycles. The molecule has 1 aliphatic rings. The van der Waals surface area contributed by atoms with Crippen LogP contribution in [0.5, 0.6) is 0 Å². The van der Waals surface area contributed by atoms with Crippen molar-refractivity contribution in [2.75, 3.05) is 0 Å². The zero-order valence-electron chi connectivity index (χ0n) is 7.03. The van der Waals surface area contributed by atoms with Gasteiger partial charge in [-0.25, -0.2) is 4.52 Å². The number of nitrogens with zero attached hydrogens (tertiary/aromatic N) is 2. The van der Waals surface area contributed by atoms with Crippen LogP contribution in [0, 0.1) is 0 Å². The Morgan fingerprint density at radius 1 is 1.54 bits per heavy atom. The van der Waals surface area contributed by atoms with Crippen LogP contribution in [0.4, 0.5) is 0 Å². The molecular weight excluding hydrogens is 166 g/mol. The lowest BCUT2D eigenvalue weighted by Crippen LogP contribution is -2.01. The summed E-state index contributed by atoms with van der Waals surface area (Å²) in [5, 5.41) is 3.98. The highest BCUT2D eigenvalue weighted by molar-refractivity contribution is 5.38. The van der Waals surface area contributed by atoms with Crippen molar-refractivity contribution in [2.45, 2.75) is 18.8 Å². The van der Waals surface area contributed by atoms with Crippen molar-refractivity contribution in [3.63, 3.8) is 0 Å². The van der Waals surface area contributed by atoms with Gasteiger partial charge < -0.3 is 4.98 Å². The van der Waals surface area contributed by atoms with Crippen LogP contribution < -0.4 is 5.43 Å². The van der Waals surface area contributed by atoms with Crippen molar-refractivity contribution in [3.05, 3.63) is 34.4 Å². The molecule has 2 aromatic heterocycles. The van der Waals surface area contributed by atoms with Crippen LogP contribution in [-0.2, 0) is 0 Å². The summed E-state index contributed by atoms with van der Waals surface area (Å²) in [7, 11) is 0. The highest BCUT2D eigenvalue weighted by atomic mass is 16.1. The van der Waals surface area contributed by atoms with E-state index in [4.69, 9.17) is 0 Å². The molecule has 3 rings (SSSR count). The van der Waals surface area contributed by atoms with Gasteiger partial charge in [-0.05, 0) is 12.8 Å². The summed E-state index contributed by atoms with van der Waals surface area (Å²) in [6, 6.07) is 1.57. The molecule has 0 saturated heterocycles. The Labute approximate surface area is 74.2 Å². The Balaban J connectivity index is 2.26. The molecule has 0 bridgehead atoms. The van der Waals surface area contributed by atoms with Gasteiger partial charge in [0, 0.05) is 17.7 Å². The van der Waals surface area contributed by atoms with Crippen LogP contribution in [0.2, 0.25) is 0 Å². The third-order valence-electron chi connectivity index (χ3n) is 2.39. The van der Waals surface area contributed by atoms with Gasteiger partial charge in [-0.3, -0.25) is 4.79 Å². The van der Waals surface area contributed by atoms with Gasteiger partial charge in [0.2, 0.25) is 5.43 Å². The lowest BCUT2D eigenvalue weighted by molar-refractivity contribution is 0.923. The van der Waals surface area contributed by atoms with Crippen molar-refractivity contribution in [1.82, 2.24) is 14.6 Å². The normalized spacial score (nSPS) is 16.6. The first-order chi connectivity index (χ1) is 6.33. The summed E-state index contributed by atoms with van der Waals surface area (Å²) >= 11 is 0. The van der Waals surface area contributed by atoms with Crippen molar-refractivity contribution < 1.29 is 0 Å². The summed E-state index contributed by atoms with van der Waals surface area (Å²) in [5.41, 5.74) is 1.93. The van der Waals surface area contributed by atoms with Gasteiger partial charge in [-0.15, -0.1) is 0 Å². The van der Waals surface area contributed by atoms with Crippen LogP contribution in [0.25, 0.3) is 5.65 Å². The first-order valence-electron chi connectivity index (χ1n) is 4.40. The van der Waals surface area contributed by atoms with E-state index in [-0.39, 0.29) is 5.43 Å². The van der Waals surface area contributed by atoms with E-state index in [1.54, 1.807) is 10.6 Å². The molecule has 1 aliphatic carbocycles. The summed E-state index contributed by atoms with van der Waals surface area (Å²) in [6.45, 7) is 0. The molecular formula is C9H9N3O. The topological polar surface area (TPSA) is 50.2 Å². The fourth-order valence-corrected chi connectivity index (χ4v) is 1.53. The van der Waals surface area contributed by atoms with Gasteiger partial charge >= 0.3 is 0 Å². The van der Waals surface area contributed by atoms with E-state index in [1.807, 2.05) is 6.20 Å². The Morgan fingerprint density at radius 2 is 2.38 bits per heavy atom. The monoisotopic (exact) mass is 175 g/mol. The highest BCUT2D eigenvalue weighted by Gasteiger charge is 2.25. The van der Waals surface area contributed by atoms with Crippen LogP contribution in [0.3, 0.4) is 0 Å². The molecule has 2 aromatic rings. The number of hydrogen-bond donors (Lipinski definition) is 1. The third-order valence-corrected chi connectivity index (χ3v) is 2.39. The maximum atomic E-state index is 11.0. The lowest BCUT2D eigenvalue weighted by Gasteiger charge is -1.86. The predicted octanol–water partition coefficient (Wildman–Crippen LogP) is 0.900. The molecule has 0 atom stereocenters. The fraction of sp³-hybridized carbons (Fsp3) is 0.333. The average Bonchev–Trinajstić information content (AvgIpc) is 2.87. The van der Waals surface area contributed by atoms with Crippen molar-refractivity contribution in [1.29, 1.82) is 0 Å². The Morgan fingerprint density at radius 3 is 3.15 bits per heavy atom. The lowest BCUT2D eigenvalue weighted by atomic mass is 10.3. The molecule has 0 radical (unpaired) electrons. The molecule has 66 valence electrons. The van der Waals surface area contributed by atoms with Crippen molar-refractivity contribution in [2.24, 2.45) is 0 Å². The second-order valence-electron chi connectivity index (χ2n) is 3.50. The summed E-state index contributed by atoms with van der Waals surface area (Å²) in [5.74, 6) is 0.664. The Kier molecular flexibility index (Phi) is 1.17. The van der Waals surface area contributed by atoms with E-state index in [0.717, 1.165) is 5.65 Å². The maximum Gasteiger partial charge on any atom is 0.202 e. The van der Waals surface area contributed by atoms with Crippen LogP contribution in [0.1, 0.15) is 24.5 Å². The molecule has 0 spiro atoms. The Bertz CT molecular complexity index is 507. The minimum atomic E-state index is -0.0517. The highest BCUT2D eigenvalue weighted by Crippen LogP contribution is 2.39. The molecule has 4 nitrogen and oxygen atoms in total. The molecule has 0 aromatic carbocycles. The minimum absolute atomic E-state index is 0.0517. The third kappa shape index (κ3) is 1.06. The van der Waals surface area contributed by atoms with E-state index in [1.165, 1.54) is 24.7 Å². The van der Waals surface area contributed by atoms with E-state index in [0.29, 0.717) is 5.92 Å². The molecule has 0 amide bonds. The molecule has 4 heteroatoms. The first-order valence-corrected chi connectivity index (χ1v) is 4.40. The molecule has 1 fully saturated rings. The molecule has 2 heterocycles. The van der Waals surface area contributed by atoms with Crippen LogP contribution in [-0.4, -0.2) is 14.6 Å². The number of H-pyrrole nitrogens is 1. The van der Waals surface area contributed by atoms with Gasteiger partial charge in [0.25, 0.3) is 0 Å². The number of nitrogens with one attached hydrogen (secondary N) is 1. The SMILES string of the molecule is O=c1cnn2cc(C3CC3)[nH]c2c1. The molecule has 0 unspecified atom stereocenters. The van der Waals surface area contributed by atoms with Gasteiger partial charge in [0.1, 0.15) is 5.65 Å². The van der Waals surface area contributed by atoms with Gasteiger partial charge in [0.15, 0.2) is 0 Å². The quantitative estimate of drug-likeness (QED) is 0.700. The fourth-order valence-electron chi connectivity index (χ4n) is 1.53. The molecule has 1 N–H and O–H groups in total. The Hall–Kier alpha value is -1.58. The minimum Gasteiger partial charge on any atom is -0.342 e. The second kappa shape index (κ2) is 2.22. The number of hydrogen-bond acceptors (Lipinski definition) is 2. The summed E-state index contributed by atoms with van der Waals surface area (Å²) < 4.78 is 1.72. The molecule has 13 heavy (non-hydrogen) atoms. The van der Waals surface area contributed by atoms with E-state index < -0.39 is 0 Å². The standard InChI is InChI=1S/C9H9N3O/c13-7-3-9-11-8(6-1-2-6)5-12(9)10-4-7/h3-6,11H,1-2H2. The van der Waals surface area contributed by atoms with Gasteiger partial charge in [-0.2, -0.15) is 5.10 Å². The van der Waals surface area contributed by atoms with Crippen molar-refractivity contribution in [3.8, 4) is 0 Å². The number of rotatable bonds is 1. The predicted molar refractivity (Wildman–Crippen MR) is 47.8 cm³/mol. The maximum absolute atomic E-state index is 11.0. The summed E-state index contributed by atoms with van der Waals surface area (Å²) in [6.07, 6.45) is 5.79. The first kappa shape index (κ1) is 6.88. The average molecular weight is 175 g/mol. The van der Waals surface area contributed by atoms with E-state index >= 15 is 0 Å². The van der Waals surface area contributed by atoms with Gasteiger partial charge in [-0.1, -0.05) is 0 Å². The van der Waals surface area contributed by atoms with Gasteiger partial charge in [0.05, 0.1) is 12.4 Å². The smallest absolute Gasteiger partial charge is 0.202 e. The number of aromatic amines is 1. The number of aromatic nitrogens is 3. The van der Waals surface area contributed by atoms with Crippen LogP contribution >= 0.6 is 0 Å². The zero-order chi connectivity index (χ0) is 8.84. The number of fused-ring (bicyclic) bond motifs is 1. The zero-order valence-corrected chi connectivity index (χ0v) is 7.03. The van der Waals surface area contributed by atoms with E-state index in [2.05, 4.69) is 10.1 Å².